The minimum Gasteiger partial charge on any atom is -0.451 e. The molecule has 1 aromatic carbocycles. The molecule has 1 atom stereocenters. The molecule has 0 bridgehead atoms. The van der Waals surface area contributed by atoms with Gasteiger partial charge < -0.3 is 9.32 Å². The van der Waals surface area contributed by atoms with Crippen LogP contribution >= 0.6 is 0 Å². The second-order valence-corrected chi connectivity index (χ2v) is 4.52. The summed E-state index contributed by atoms with van der Waals surface area (Å²) in [5, 5.41) is 9.75. The zero-order valence-electron chi connectivity index (χ0n) is 11.1. The molecule has 1 amide bonds. The van der Waals surface area contributed by atoms with Crippen LogP contribution in [0, 0.1) is 17.2 Å². The highest BCUT2D eigenvalue weighted by molar-refractivity contribution is 5.96. The Kier molecular flexibility index (Phi) is 3.86. The summed E-state index contributed by atoms with van der Waals surface area (Å²) in [6, 6.07) is 11.4. The van der Waals surface area contributed by atoms with Gasteiger partial charge in [0.25, 0.3) is 5.91 Å². The van der Waals surface area contributed by atoms with Crippen LogP contribution in [0.2, 0.25) is 0 Å². The Balaban J connectivity index is 2.24. The van der Waals surface area contributed by atoms with E-state index in [-0.39, 0.29) is 11.8 Å². The van der Waals surface area contributed by atoms with E-state index in [0.29, 0.717) is 24.4 Å². The molecule has 2 rings (SSSR count). The number of rotatable bonds is 4. The number of furan rings is 1. The van der Waals surface area contributed by atoms with Crippen molar-refractivity contribution in [1.82, 2.24) is 4.90 Å². The van der Waals surface area contributed by atoms with Gasteiger partial charge in [-0.05, 0) is 26.0 Å². The van der Waals surface area contributed by atoms with Crippen molar-refractivity contribution in [1.29, 1.82) is 5.26 Å². The molecule has 0 aliphatic heterocycles. The Bertz CT molecular complexity index is 591. The van der Waals surface area contributed by atoms with E-state index in [1.54, 1.807) is 17.9 Å². The van der Waals surface area contributed by atoms with Crippen LogP contribution in [0.25, 0.3) is 11.0 Å². The van der Waals surface area contributed by atoms with Crippen molar-refractivity contribution in [3.8, 4) is 6.07 Å². The van der Waals surface area contributed by atoms with Crippen LogP contribution in [0.1, 0.15) is 24.4 Å². The van der Waals surface area contributed by atoms with E-state index in [4.69, 9.17) is 9.68 Å². The molecule has 0 N–H and O–H groups in total. The number of nitriles is 1. The van der Waals surface area contributed by atoms with Crippen molar-refractivity contribution in [2.75, 3.05) is 13.1 Å². The maximum Gasteiger partial charge on any atom is 0.289 e. The third kappa shape index (κ3) is 2.76. The summed E-state index contributed by atoms with van der Waals surface area (Å²) >= 11 is 0. The van der Waals surface area contributed by atoms with E-state index in [1.165, 1.54) is 0 Å². The molecule has 0 spiro atoms. The van der Waals surface area contributed by atoms with Crippen LogP contribution in [-0.4, -0.2) is 23.9 Å². The lowest BCUT2D eigenvalue weighted by Crippen LogP contribution is -2.34. The predicted octanol–water partition coefficient (Wildman–Crippen LogP) is 3.05. The molecule has 0 aliphatic rings. The highest BCUT2D eigenvalue weighted by Gasteiger charge is 2.20. The number of nitrogens with zero attached hydrogens (tertiary/aromatic N) is 2. The van der Waals surface area contributed by atoms with Crippen molar-refractivity contribution in [3.05, 3.63) is 36.1 Å². The SMILES string of the molecule is CCN(CC(C)C#N)C(=O)c1cc2ccccc2o1. The van der Waals surface area contributed by atoms with E-state index in [9.17, 15) is 4.79 Å². The van der Waals surface area contributed by atoms with E-state index >= 15 is 0 Å². The second-order valence-electron chi connectivity index (χ2n) is 4.52. The van der Waals surface area contributed by atoms with E-state index < -0.39 is 0 Å². The van der Waals surface area contributed by atoms with Gasteiger partial charge in [-0.2, -0.15) is 5.26 Å². The summed E-state index contributed by atoms with van der Waals surface area (Å²) in [4.78, 5) is 14.0. The average molecular weight is 256 g/mol. The van der Waals surface area contributed by atoms with Crippen molar-refractivity contribution in [2.24, 2.45) is 5.92 Å². The molecular weight excluding hydrogens is 240 g/mol. The van der Waals surface area contributed by atoms with Crippen molar-refractivity contribution >= 4 is 16.9 Å². The first-order chi connectivity index (χ1) is 9.15. The van der Waals surface area contributed by atoms with Gasteiger partial charge in [0.15, 0.2) is 5.76 Å². The van der Waals surface area contributed by atoms with Gasteiger partial charge in [-0.1, -0.05) is 18.2 Å². The van der Waals surface area contributed by atoms with Gasteiger partial charge in [0, 0.05) is 18.5 Å². The Morgan fingerprint density at radius 2 is 2.21 bits per heavy atom. The number of carbonyl (C=O) groups excluding carboxylic acids is 1. The van der Waals surface area contributed by atoms with Gasteiger partial charge in [0.2, 0.25) is 0 Å². The van der Waals surface area contributed by atoms with Crippen LogP contribution in [-0.2, 0) is 0 Å². The summed E-state index contributed by atoms with van der Waals surface area (Å²) in [6.07, 6.45) is 0. The Hall–Kier alpha value is -2.28. The predicted molar refractivity (Wildman–Crippen MR) is 72.6 cm³/mol. The lowest BCUT2D eigenvalue weighted by atomic mass is 10.2. The number of hydrogen-bond acceptors (Lipinski definition) is 3. The first-order valence-electron chi connectivity index (χ1n) is 6.33. The lowest BCUT2D eigenvalue weighted by Gasteiger charge is -2.20. The van der Waals surface area contributed by atoms with Gasteiger partial charge in [-0.15, -0.1) is 0 Å². The van der Waals surface area contributed by atoms with Crippen LogP contribution in [0.5, 0.6) is 0 Å². The fraction of sp³-hybridized carbons (Fsp3) is 0.333. The quantitative estimate of drug-likeness (QED) is 0.844. The molecule has 0 fully saturated rings. The number of fused-ring (bicyclic) bond motifs is 1. The van der Waals surface area contributed by atoms with Crippen LogP contribution < -0.4 is 0 Å². The van der Waals surface area contributed by atoms with Crippen LogP contribution in [0.3, 0.4) is 0 Å². The Morgan fingerprint density at radius 3 is 2.84 bits per heavy atom. The van der Waals surface area contributed by atoms with Gasteiger partial charge in [0.05, 0.1) is 12.0 Å². The molecule has 1 unspecified atom stereocenters. The smallest absolute Gasteiger partial charge is 0.289 e. The summed E-state index contributed by atoms with van der Waals surface area (Å²) in [7, 11) is 0. The number of hydrogen-bond donors (Lipinski definition) is 0. The summed E-state index contributed by atoms with van der Waals surface area (Å²) in [5.41, 5.74) is 0.704. The monoisotopic (exact) mass is 256 g/mol. The highest BCUT2D eigenvalue weighted by Crippen LogP contribution is 2.20. The van der Waals surface area contributed by atoms with Crippen molar-refractivity contribution in [2.45, 2.75) is 13.8 Å². The van der Waals surface area contributed by atoms with E-state index in [2.05, 4.69) is 6.07 Å². The fourth-order valence-corrected chi connectivity index (χ4v) is 1.97. The van der Waals surface area contributed by atoms with Gasteiger partial charge in [-0.25, -0.2) is 0 Å². The zero-order valence-corrected chi connectivity index (χ0v) is 11.1. The zero-order chi connectivity index (χ0) is 13.8. The maximum absolute atomic E-state index is 12.3. The molecule has 98 valence electrons. The lowest BCUT2D eigenvalue weighted by molar-refractivity contribution is 0.0723. The maximum atomic E-state index is 12.3. The Morgan fingerprint density at radius 1 is 1.47 bits per heavy atom. The highest BCUT2D eigenvalue weighted by atomic mass is 16.3. The molecule has 0 saturated carbocycles. The first-order valence-corrected chi connectivity index (χ1v) is 6.33. The summed E-state index contributed by atoms with van der Waals surface area (Å²) in [6.45, 7) is 4.67. The van der Waals surface area contributed by atoms with E-state index in [1.807, 2.05) is 31.2 Å². The molecule has 4 heteroatoms. The van der Waals surface area contributed by atoms with Gasteiger partial charge in [-0.3, -0.25) is 4.79 Å². The van der Waals surface area contributed by atoms with Gasteiger partial charge >= 0.3 is 0 Å². The van der Waals surface area contributed by atoms with Crippen LogP contribution in [0.4, 0.5) is 0 Å². The van der Waals surface area contributed by atoms with Crippen molar-refractivity contribution in [3.63, 3.8) is 0 Å². The normalized spacial score (nSPS) is 12.1. The van der Waals surface area contributed by atoms with Crippen molar-refractivity contribution < 1.29 is 9.21 Å². The number of para-hydroxylation sites is 1. The number of carbonyl (C=O) groups is 1. The molecular formula is C15H16N2O2. The standard InChI is InChI=1S/C15H16N2O2/c1-3-17(10-11(2)9-16)15(18)14-8-12-6-4-5-7-13(12)19-14/h4-8,11H,3,10H2,1-2H3. The molecule has 19 heavy (non-hydrogen) atoms. The molecule has 2 aromatic rings. The fourth-order valence-electron chi connectivity index (χ4n) is 1.97. The molecule has 4 nitrogen and oxygen atoms in total. The van der Waals surface area contributed by atoms with Gasteiger partial charge in [0.1, 0.15) is 5.58 Å². The average Bonchev–Trinajstić information content (AvgIpc) is 2.87. The summed E-state index contributed by atoms with van der Waals surface area (Å²) in [5.74, 6) is -0.0257. The minimum absolute atomic E-state index is 0.166. The molecule has 0 aliphatic carbocycles. The van der Waals surface area contributed by atoms with E-state index in [0.717, 1.165) is 5.39 Å². The number of benzene rings is 1. The second kappa shape index (κ2) is 5.57. The number of amides is 1. The molecule has 1 aromatic heterocycles. The topological polar surface area (TPSA) is 57.2 Å². The molecule has 0 saturated heterocycles. The molecule has 1 heterocycles. The largest absolute Gasteiger partial charge is 0.451 e. The third-order valence-corrected chi connectivity index (χ3v) is 3.02. The summed E-state index contributed by atoms with van der Waals surface area (Å²) < 4.78 is 5.55. The first kappa shape index (κ1) is 13.2. The Labute approximate surface area is 112 Å². The third-order valence-electron chi connectivity index (χ3n) is 3.02. The van der Waals surface area contributed by atoms with Crippen LogP contribution in [0.15, 0.2) is 34.7 Å². The minimum atomic E-state index is -0.187. The molecule has 0 radical (unpaired) electrons.